The Morgan fingerprint density at radius 1 is 0.923 bits per heavy atom. The molecule has 0 bridgehead atoms. The molecule has 1 saturated heterocycles. The van der Waals surface area contributed by atoms with Crippen LogP contribution in [0.25, 0.3) is 16.9 Å². The van der Waals surface area contributed by atoms with Gasteiger partial charge in [0.2, 0.25) is 4.80 Å². The number of likely N-dealkylation sites (N-methyl/N-ethyl adjacent to an activating group) is 1. The minimum Gasteiger partial charge on any atom is -0.303 e. The maximum atomic E-state index is 6.07. The molecule has 1 aliphatic rings. The maximum Gasteiger partial charge on any atom is 0.213 e. The Labute approximate surface area is 162 Å². The van der Waals surface area contributed by atoms with Crippen molar-refractivity contribution >= 4 is 22.9 Å². The molecular weight excluding hydrogens is 364 g/mol. The zero-order chi connectivity index (χ0) is 17.9. The Balaban J connectivity index is 1.81. The van der Waals surface area contributed by atoms with Gasteiger partial charge in [0.1, 0.15) is 0 Å². The summed E-state index contributed by atoms with van der Waals surface area (Å²) in [5.74, 6) is 0. The Morgan fingerprint density at radius 3 is 2.31 bits per heavy atom. The lowest BCUT2D eigenvalue weighted by Gasteiger charge is -2.30. The molecule has 0 spiro atoms. The van der Waals surface area contributed by atoms with Crippen molar-refractivity contribution in [1.29, 1.82) is 0 Å². The summed E-state index contributed by atoms with van der Waals surface area (Å²) in [7, 11) is 2.16. The fourth-order valence-electron chi connectivity index (χ4n) is 3.05. The first kappa shape index (κ1) is 17.3. The SMILES string of the molecule is CN1CCN(/N=c2/scc(-c3ccc(Cl)cc3)n2-c2ccccc2)CC1. The first-order valence-corrected chi connectivity index (χ1v) is 9.96. The maximum absolute atomic E-state index is 6.07. The number of rotatable bonds is 3. The second-order valence-corrected chi connectivity index (χ2v) is 7.71. The first-order chi connectivity index (χ1) is 12.7. The van der Waals surface area contributed by atoms with Crippen LogP contribution in [0.5, 0.6) is 0 Å². The fraction of sp³-hybridized carbons (Fsp3) is 0.250. The van der Waals surface area contributed by atoms with Gasteiger partial charge < -0.3 is 4.90 Å². The molecule has 2 heterocycles. The van der Waals surface area contributed by atoms with Crippen molar-refractivity contribution in [2.75, 3.05) is 33.2 Å². The summed E-state index contributed by atoms with van der Waals surface area (Å²) in [4.78, 5) is 3.33. The standard InChI is InChI=1S/C20H21ClN4S/c1-23-11-13-24(14-12-23)22-20-25(18-5-3-2-4-6-18)19(15-26-20)16-7-9-17(21)10-8-16/h2-10,15H,11-14H2,1H3/b22-20+. The highest BCUT2D eigenvalue weighted by Gasteiger charge is 2.14. The summed E-state index contributed by atoms with van der Waals surface area (Å²) >= 11 is 7.74. The van der Waals surface area contributed by atoms with Crippen LogP contribution in [0.3, 0.4) is 0 Å². The van der Waals surface area contributed by atoms with E-state index in [-0.39, 0.29) is 0 Å². The average molecular weight is 385 g/mol. The van der Waals surface area contributed by atoms with Crippen LogP contribution >= 0.6 is 22.9 Å². The Bertz CT molecular complexity index is 922. The second-order valence-electron chi connectivity index (χ2n) is 6.44. The highest BCUT2D eigenvalue weighted by Crippen LogP contribution is 2.25. The third kappa shape index (κ3) is 3.70. The monoisotopic (exact) mass is 384 g/mol. The first-order valence-electron chi connectivity index (χ1n) is 8.71. The summed E-state index contributed by atoms with van der Waals surface area (Å²) in [6.45, 7) is 4.01. The molecule has 6 heteroatoms. The molecule has 0 saturated carbocycles. The van der Waals surface area contributed by atoms with Gasteiger partial charge in [0, 0.05) is 42.3 Å². The number of halogens is 1. The van der Waals surface area contributed by atoms with Crippen molar-refractivity contribution in [2.24, 2.45) is 5.10 Å². The number of hydrogen-bond acceptors (Lipinski definition) is 4. The summed E-state index contributed by atoms with van der Waals surface area (Å²) in [5, 5.41) is 10.1. The quantitative estimate of drug-likeness (QED) is 0.683. The van der Waals surface area contributed by atoms with E-state index < -0.39 is 0 Å². The van der Waals surface area contributed by atoms with Crippen molar-refractivity contribution in [3.8, 4) is 16.9 Å². The van der Waals surface area contributed by atoms with Crippen molar-refractivity contribution in [3.05, 3.63) is 69.8 Å². The van der Waals surface area contributed by atoms with E-state index in [1.807, 2.05) is 18.2 Å². The predicted molar refractivity (Wildman–Crippen MR) is 109 cm³/mol. The predicted octanol–water partition coefficient (Wildman–Crippen LogP) is 3.92. The third-order valence-corrected chi connectivity index (χ3v) is 5.64. The van der Waals surface area contributed by atoms with E-state index in [0.29, 0.717) is 0 Å². The molecule has 4 rings (SSSR count). The van der Waals surface area contributed by atoms with Gasteiger partial charge in [-0.2, -0.15) is 0 Å². The number of hydrogen-bond donors (Lipinski definition) is 0. The Hall–Kier alpha value is -2.08. The number of para-hydroxylation sites is 1. The molecule has 1 fully saturated rings. The number of benzene rings is 2. The highest BCUT2D eigenvalue weighted by molar-refractivity contribution is 7.07. The van der Waals surface area contributed by atoms with E-state index in [4.69, 9.17) is 16.7 Å². The lowest BCUT2D eigenvalue weighted by Crippen LogP contribution is -2.42. The van der Waals surface area contributed by atoms with E-state index >= 15 is 0 Å². The summed E-state index contributed by atoms with van der Waals surface area (Å²) in [6, 6.07) is 18.4. The van der Waals surface area contributed by atoms with E-state index in [1.54, 1.807) is 11.3 Å². The van der Waals surface area contributed by atoms with Gasteiger partial charge in [-0.25, -0.2) is 0 Å². The van der Waals surface area contributed by atoms with E-state index in [0.717, 1.165) is 52.9 Å². The van der Waals surface area contributed by atoms with Crippen molar-refractivity contribution in [1.82, 2.24) is 14.5 Å². The van der Waals surface area contributed by atoms with Crippen LogP contribution in [0.2, 0.25) is 5.02 Å². The van der Waals surface area contributed by atoms with Gasteiger partial charge in [-0.05, 0) is 36.9 Å². The van der Waals surface area contributed by atoms with Crippen LogP contribution in [-0.2, 0) is 0 Å². The normalized spacial score (nSPS) is 16.2. The molecule has 0 amide bonds. The van der Waals surface area contributed by atoms with Crippen LogP contribution in [-0.4, -0.2) is 47.7 Å². The Kier molecular flexibility index (Phi) is 5.11. The topological polar surface area (TPSA) is 23.8 Å². The summed E-state index contributed by atoms with van der Waals surface area (Å²) in [6.07, 6.45) is 0. The fourth-order valence-corrected chi connectivity index (χ4v) is 4.10. The molecule has 0 radical (unpaired) electrons. The molecule has 134 valence electrons. The van der Waals surface area contributed by atoms with Crippen molar-refractivity contribution in [3.63, 3.8) is 0 Å². The van der Waals surface area contributed by atoms with Crippen LogP contribution < -0.4 is 4.80 Å². The summed E-state index contributed by atoms with van der Waals surface area (Å²) < 4.78 is 2.23. The number of thiazole rings is 1. The molecule has 0 atom stereocenters. The van der Waals surface area contributed by atoms with Gasteiger partial charge in [0.15, 0.2) is 0 Å². The third-order valence-electron chi connectivity index (χ3n) is 4.57. The molecule has 4 nitrogen and oxygen atoms in total. The molecule has 1 aliphatic heterocycles. The van der Waals surface area contributed by atoms with Gasteiger partial charge in [-0.15, -0.1) is 16.4 Å². The van der Waals surface area contributed by atoms with Gasteiger partial charge >= 0.3 is 0 Å². The van der Waals surface area contributed by atoms with E-state index in [2.05, 4.69) is 63.3 Å². The molecule has 3 aromatic rings. The lowest BCUT2D eigenvalue weighted by molar-refractivity contribution is 0.154. The van der Waals surface area contributed by atoms with Crippen molar-refractivity contribution in [2.45, 2.75) is 0 Å². The van der Waals surface area contributed by atoms with Gasteiger partial charge in [0.05, 0.1) is 5.69 Å². The van der Waals surface area contributed by atoms with Gasteiger partial charge in [-0.1, -0.05) is 41.9 Å². The Morgan fingerprint density at radius 2 is 1.62 bits per heavy atom. The number of piperazine rings is 1. The van der Waals surface area contributed by atoms with Crippen LogP contribution in [0.15, 0.2) is 65.1 Å². The van der Waals surface area contributed by atoms with Crippen LogP contribution in [0, 0.1) is 0 Å². The zero-order valence-corrected chi connectivity index (χ0v) is 16.2. The van der Waals surface area contributed by atoms with Crippen LogP contribution in [0.1, 0.15) is 0 Å². The zero-order valence-electron chi connectivity index (χ0n) is 14.7. The lowest BCUT2D eigenvalue weighted by atomic mass is 10.1. The van der Waals surface area contributed by atoms with E-state index in [1.165, 1.54) is 0 Å². The second kappa shape index (κ2) is 7.66. The minimum absolute atomic E-state index is 0.748. The molecule has 0 N–H and O–H groups in total. The van der Waals surface area contributed by atoms with Gasteiger partial charge in [-0.3, -0.25) is 9.58 Å². The number of nitrogens with zero attached hydrogens (tertiary/aromatic N) is 4. The van der Waals surface area contributed by atoms with E-state index in [9.17, 15) is 0 Å². The molecule has 26 heavy (non-hydrogen) atoms. The highest BCUT2D eigenvalue weighted by atomic mass is 35.5. The molecule has 2 aromatic carbocycles. The number of aromatic nitrogens is 1. The molecule has 1 aromatic heterocycles. The largest absolute Gasteiger partial charge is 0.303 e. The average Bonchev–Trinajstić information content (AvgIpc) is 3.08. The van der Waals surface area contributed by atoms with Crippen molar-refractivity contribution < 1.29 is 0 Å². The molecular formula is C20H21ClN4S. The van der Waals surface area contributed by atoms with Crippen LogP contribution in [0.4, 0.5) is 0 Å². The molecule has 0 unspecified atom stereocenters. The smallest absolute Gasteiger partial charge is 0.213 e. The summed E-state index contributed by atoms with van der Waals surface area (Å²) in [5.41, 5.74) is 3.38. The molecule has 0 aliphatic carbocycles. The minimum atomic E-state index is 0.748. The van der Waals surface area contributed by atoms with Gasteiger partial charge in [0.25, 0.3) is 0 Å².